The zero-order valence-electron chi connectivity index (χ0n) is 13.8. The van der Waals surface area contributed by atoms with Gasteiger partial charge in [0.2, 0.25) is 16.9 Å². The molecule has 0 atom stereocenters. The molecule has 0 unspecified atom stereocenters. The maximum absolute atomic E-state index is 12.1. The van der Waals surface area contributed by atoms with Crippen molar-refractivity contribution in [2.24, 2.45) is 0 Å². The number of carbonyl (C=O) groups is 2. The molecule has 1 saturated heterocycles. The van der Waals surface area contributed by atoms with Crippen LogP contribution in [0.4, 0.5) is 10.8 Å². The lowest BCUT2D eigenvalue weighted by Gasteiger charge is -2.15. The number of nitrogens with zero attached hydrogens (tertiary/aromatic N) is 3. The predicted octanol–water partition coefficient (Wildman–Crippen LogP) is 2.97. The van der Waals surface area contributed by atoms with Gasteiger partial charge in [-0.1, -0.05) is 37.3 Å². The van der Waals surface area contributed by atoms with E-state index >= 15 is 0 Å². The van der Waals surface area contributed by atoms with E-state index in [0.717, 1.165) is 29.2 Å². The number of hydrogen-bond acceptors (Lipinski definition) is 5. The zero-order chi connectivity index (χ0) is 17.1. The maximum Gasteiger partial charge on any atom is 0.230 e. The molecule has 2 aromatic rings. The number of nitrogens with one attached hydrogen (secondary N) is 1. The minimum Gasteiger partial charge on any atom is -0.312 e. The summed E-state index contributed by atoms with van der Waals surface area (Å²) in [4.78, 5) is 25.6. The van der Waals surface area contributed by atoms with E-state index in [1.165, 1.54) is 11.3 Å². The fourth-order valence-corrected chi connectivity index (χ4v) is 3.34. The number of rotatable bonds is 5. The molecule has 6 nitrogen and oxygen atoms in total. The first kappa shape index (κ1) is 16.6. The van der Waals surface area contributed by atoms with Crippen molar-refractivity contribution in [2.75, 3.05) is 16.8 Å². The Morgan fingerprint density at radius 3 is 2.62 bits per heavy atom. The van der Waals surface area contributed by atoms with Gasteiger partial charge in [-0.2, -0.15) is 0 Å². The zero-order valence-corrected chi connectivity index (χ0v) is 14.6. The van der Waals surface area contributed by atoms with Crippen LogP contribution >= 0.6 is 11.3 Å². The molecule has 0 bridgehead atoms. The second-order valence-electron chi connectivity index (χ2n) is 6.14. The molecule has 126 valence electrons. The van der Waals surface area contributed by atoms with E-state index in [2.05, 4.69) is 15.5 Å². The number of aromatic nitrogens is 2. The third-order valence-corrected chi connectivity index (χ3v) is 5.01. The molecule has 0 spiro atoms. The van der Waals surface area contributed by atoms with E-state index in [9.17, 15) is 9.59 Å². The summed E-state index contributed by atoms with van der Waals surface area (Å²) < 4.78 is 0. The summed E-state index contributed by atoms with van der Waals surface area (Å²) in [7, 11) is 0. The van der Waals surface area contributed by atoms with Crippen molar-refractivity contribution >= 4 is 34.0 Å². The van der Waals surface area contributed by atoms with Crippen molar-refractivity contribution in [1.29, 1.82) is 0 Å². The highest BCUT2D eigenvalue weighted by atomic mass is 32.1. The Labute approximate surface area is 144 Å². The molecule has 0 radical (unpaired) electrons. The topological polar surface area (TPSA) is 75.2 Å². The molecule has 1 fully saturated rings. The molecule has 2 heterocycles. The molecule has 1 N–H and O–H groups in total. The Bertz CT molecular complexity index is 739. The van der Waals surface area contributed by atoms with Crippen molar-refractivity contribution in [3.63, 3.8) is 0 Å². The smallest absolute Gasteiger partial charge is 0.230 e. The Morgan fingerprint density at radius 1 is 1.29 bits per heavy atom. The highest BCUT2D eigenvalue weighted by molar-refractivity contribution is 7.15. The molecule has 1 aliphatic rings. The number of anilines is 2. The minimum absolute atomic E-state index is 0.119. The summed E-state index contributed by atoms with van der Waals surface area (Å²) in [6.45, 7) is 4.85. The molecule has 7 heteroatoms. The van der Waals surface area contributed by atoms with Crippen molar-refractivity contribution in [3.05, 3.63) is 34.8 Å². The van der Waals surface area contributed by atoms with E-state index < -0.39 is 0 Å². The van der Waals surface area contributed by atoms with Gasteiger partial charge in [0.15, 0.2) is 0 Å². The third-order valence-electron chi connectivity index (χ3n) is 3.87. The fourth-order valence-electron chi connectivity index (χ4n) is 2.58. The van der Waals surface area contributed by atoms with Gasteiger partial charge in [-0.3, -0.25) is 9.59 Å². The standard InChI is InChI=1S/C17H20N4O2S/c1-11(2)16-19-20-17(24-16)18-14(22)10-12-5-7-13(8-6-12)21-9-3-4-15(21)23/h5-8,11H,3-4,9-10H2,1-2H3,(H,18,20,22). The van der Waals surface area contributed by atoms with Crippen LogP contribution in [0.2, 0.25) is 0 Å². The van der Waals surface area contributed by atoms with Gasteiger partial charge in [0, 0.05) is 24.6 Å². The second kappa shape index (κ2) is 7.09. The Kier molecular flexibility index (Phi) is 4.89. The van der Waals surface area contributed by atoms with Crippen molar-refractivity contribution in [3.8, 4) is 0 Å². The Hall–Kier alpha value is -2.28. The Balaban J connectivity index is 1.58. The molecule has 1 aromatic carbocycles. The van der Waals surface area contributed by atoms with Crippen LogP contribution in [-0.2, 0) is 16.0 Å². The molecule has 3 rings (SSSR count). The first-order valence-corrected chi connectivity index (χ1v) is 8.87. The van der Waals surface area contributed by atoms with Crippen LogP contribution < -0.4 is 10.2 Å². The summed E-state index contributed by atoms with van der Waals surface area (Å²) in [6.07, 6.45) is 1.79. The van der Waals surface area contributed by atoms with Gasteiger partial charge >= 0.3 is 0 Å². The van der Waals surface area contributed by atoms with E-state index in [0.29, 0.717) is 17.5 Å². The molecular formula is C17H20N4O2S. The quantitative estimate of drug-likeness (QED) is 0.905. The maximum atomic E-state index is 12.1. The van der Waals surface area contributed by atoms with Gasteiger partial charge < -0.3 is 10.2 Å². The van der Waals surface area contributed by atoms with Crippen molar-refractivity contribution in [1.82, 2.24) is 10.2 Å². The van der Waals surface area contributed by atoms with Crippen molar-refractivity contribution in [2.45, 2.75) is 39.0 Å². The highest BCUT2D eigenvalue weighted by Crippen LogP contribution is 2.23. The van der Waals surface area contributed by atoms with Crippen LogP contribution in [0.1, 0.15) is 43.2 Å². The van der Waals surface area contributed by atoms with E-state index in [1.54, 1.807) is 4.90 Å². The summed E-state index contributed by atoms with van der Waals surface area (Å²) in [5.41, 5.74) is 1.80. The van der Waals surface area contributed by atoms with Crippen LogP contribution in [0, 0.1) is 0 Å². The number of hydrogen-bond donors (Lipinski definition) is 1. The van der Waals surface area contributed by atoms with Crippen LogP contribution in [0.5, 0.6) is 0 Å². The minimum atomic E-state index is -0.119. The summed E-state index contributed by atoms with van der Waals surface area (Å²) >= 11 is 1.40. The average molecular weight is 344 g/mol. The predicted molar refractivity (Wildman–Crippen MR) is 94.4 cm³/mol. The van der Waals surface area contributed by atoms with E-state index in [1.807, 2.05) is 38.1 Å². The van der Waals surface area contributed by atoms with Crippen LogP contribution in [0.25, 0.3) is 0 Å². The van der Waals surface area contributed by atoms with Gasteiger partial charge in [-0.15, -0.1) is 10.2 Å². The van der Waals surface area contributed by atoms with Crippen molar-refractivity contribution < 1.29 is 9.59 Å². The first-order valence-electron chi connectivity index (χ1n) is 8.05. The highest BCUT2D eigenvalue weighted by Gasteiger charge is 2.21. The summed E-state index contributed by atoms with van der Waals surface area (Å²) in [5, 5.41) is 12.3. The van der Waals surface area contributed by atoms with Gasteiger partial charge in [0.25, 0.3) is 0 Å². The average Bonchev–Trinajstić information content (AvgIpc) is 3.17. The van der Waals surface area contributed by atoms with E-state index in [4.69, 9.17) is 0 Å². The fraction of sp³-hybridized carbons (Fsp3) is 0.412. The van der Waals surface area contributed by atoms with Crippen LogP contribution in [0.15, 0.2) is 24.3 Å². The SMILES string of the molecule is CC(C)c1nnc(NC(=O)Cc2ccc(N3CCCC3=O)cc2)s1. The van der Waals surface area contributed by atoms with Gasteiger partial charge in [-0.05, 0) is 24.1 Å². The Morgan fingerprint density at radius 2 is 2.04 bits per heavy atom. The monoisotopic (exact) mass is 344 g/mol. The molecular weight excluding hydrogens is 324 g/mol. The molecule has 2 amide bonds. The third kappa shape index (κ3) is 3.79. The lowest BCUT2D eigenvalue weighted by molar-refractivity contribution is -0.117. The molecule has 1 aliphatic heterocycles. The number of carbonyl (C=O) groups excluding carboxylic acids is 2. The van der Waals surface area contributed by atoms with Gasteiger partial charge in [-0.25, -0.2) is 0 Å². The van der Waals surface area contributed by atoms with Gasteiger partial charge in [0.05, 0.1) is 6.42 Å². The second-order valence-corrected chi connectivity index (χ2v) is 7.15. The van der Waals surface area contributed by atoms with Crippen LogP contribution in [0.3, 0.4) is 0 Å². The lowest BCUT2D eigenvalue weighted by Crippen LogP contribution is -2.23. The van der Waals surface area contributed by atoms with E-state index in [-0.39, 0.29) is 18.2 Å². The number of benzene rings is 1. The van der Waals surface area contributed by atoms with Gasteiger partial charge in [0.1, 0.15) is 5.01 Å². The summed E-state index contributed by atoms with van der Waals surface area (Å²) in [5.74, 6) is 0.346. The molecule has 0 saturated carbocycles. The molecule has 24 heavy (non-hydrogen) atoms. The lowest BCUT2D eigenvalue weighted by atomic mass is 10.1. The summed E-state index contributed by atoms with van der Waals surface area (Å²) in [6, 6.07) is 7.57. The number of amides is 2. The first-order chi connectivity index (χ1) is 11.5. The normalized spacial score (nSPS) is 14.5. The van der Waals surface area contributed by atoms with Crippen LogP contribution in [-0.4, -0.2) is 28.6 Å². The molecule has 0 aliphatic carbocycles. The molecule has 1 aromatic heterocycles. The largest absolute Gasteiger partial charge is 0.312 e.